The summed E-state index contributed by atoms with van der Waals surface area (Å²) in [6, 6.07) is 4.58. The van der Waals surface area contributed by atoms with E-state index in [1.807, 2.05) is 5.32 Å². The number of carbonyl (C=O) groups is 1. The average Bonchev–Trinajstić information content (AvgIpc) is 2.71. The Kier molecular flexibility index (Phi) is 6.44. The molecule has 0 saturated carbocycles. The maximum Gasteiger partial charge on any atom is 0.426 e. The second-order valence-electron chi connectivity index (χ2n) is 8.48. The van der Waals surface area contributed by atoms with Crippen molar-refractivity contribution in [3.63, 3.8) is 0 Å². The molecule has 0 saturated heterocycles. The van der Waals surface area contributed by atoms with Crippen molar-refractivity contribution in [2.24, 2.45) is 0 Å². The highest BCUT2D eigenvalue weighted by Crippen LogP contribution is 2.45. The monoisotopic (exact) mass is 506 g/mol. The van der Waals surface area contributed by atoms with E-state index in [0.29, 0.717) is 18.2 Å². The Balaban J connectivity index is 2.02. The lowest BCUT2D eigenvalue weighted by Crippen LogP contribution is -2.57. The van der Waals surface area contributed by atoms with Gasteiger partial charge in [-0.25, -0.2) is 9.18 Å². The molecule has 2 aromatic carbocycles. The molecule has 0 aliphatic carbocycles. The minimum absolute atomic E-state index is 0.0102. The van der Waals surface area contributed by atoms with Crippen LogP contribution in [-0.2, 0) is 16.4 Å². The van der Waals surface area contributed by atoms with Gasteiger partial charge in [0.05, 0.1) is 17.1 Å². The third kappa shape index (κ3) is 5.14. The number of rotatable bonds is 5. The lowest BCUT2D eigenvalue weighted by atomic mass is 9.72. The lowest BCUT2D eigenvalue weighted by Gasteiger charge is -2.37. The predicted octanol–water partition coefficient (Wildman–Crippen LogP) is 4.95. The van der Waals surface area contributed by atoms with Gasteiger partial charge in [-0.15, -0.1) is 0 Å². The molecule has 0 fully saturated rings. The molecule has 0 radical (unpaired) electrons. The average molecular weight is 506 g/mol. The van der Waals surface area contributed by atoms with Gasteiger partial charge in [0, 0.05) is 17.5 Å². The van der Waals surface area contributed by atoms with Gasteiger partial charge in [0.1, 0.15) is 5.82 Å². The van der Waals surface area contributed by atoms with E-state index < -0.39 is 58.3 Å². The van der Waals surface area contributed by atoms with Crippen LogP contribution in [0.25, 0.3) is 10.8 Å². The number of nitrogens with one attached hydrogen (secondary N) is 1. The first kappa shape index (κ1) is 26.1. The number of aromatic nitrogens is 1. The van der Waals surface area contributed by atoms with E-state index in [-0.39, 0.29) is 16.5 Å². The van der Waals surface area contributed by atoms with Crippen LogP contribution in [0.2, 0.25) is 0 Å². The van der Waals surface area contributed by atoms with Gasteiger partial charge >= 0.3 is 18.0 Å². The van der Waals surface area contributed by atoms with Crippen molar-refractivity contribution in [2.45, 2.75) is 43.6 Å². The van der Waals surface area contributed by atoms with E-state index in [1.165, 1.54) is 0 Å². The van der Waals surface area contributed by atoms with E-state index >= 15 is 0 Å². The van der Waals surface area contributed by atoms with Crippen LogP contribution in [0.1, 0.15) is 31.4 Å². The largest absolute Gasteiger partial charge is 0.426 e. The zero-order valence-corrected chi connectivity index (χ0v) is 18.0. The summed E-state index contributed by atoms with van der Waals surface area (Å²) in [6.07, 6.45) is -11.2. The number of anilines is 1. The lowest BCUT2D eigenvalue weighted by molar-refractivity contribution is -0.254. The van der Waals surface area contributed by atoms with Gasteiger partial charge in [-0.3, -0.25) is 4.79 Å². The number of halogens is 7. The molecular weight excluding hydrogens is 489 g/mol. The normalized spacial score (nSPS) is 14.6. The minimum Gasteiger partial charge on any atom is -0.373 e. The molecule has 3 rings (SSSR count). The SMILES string of the molecule is CC(C)(CC(O)(C(=O)Nc1ccc2c(=O)oncc2c1)C(F)(F)F)c1cc(F)ccc1C(F)(F)F. The fraction of sp³-hybridized carbons (Fsp3) is 0.318. The van der Waals surface area contributed by atoms with E-state index in [2.05, 4.69) is 9.68 Å². The Morgan fingerprint density at radius 2 is 1.69 bits per heavy atom. The number of benzene rings is 2. The Hall–Kier alpha value is -3.48. The van der Waals surface area contributed by atoms with Gasteiger partial charge in [0.2, 0.25) is 5.60 Å². The van der Waals surface area contributed by atoms with E-state index in [1.54, 1.807) is 0 Å². The number of aliphatic hydroxyl groups is 1. The van der Waals surface area contributed by atoms with Crippen LogP contribution in [0.15, 0.2) is 51.9 Å². The zero-order chi connectivity index (χ0) is 26.4. The summed E-state index contributed by atoms with van der Waals surface area (Å²) in [4.78, 5) is 24.3. The second-order valence-corrected chi connectivity index (χ2v) is 8.48. The molecule has 35 heavy (non-hydrogen) atoms. The van der Waals surface area contributed by atoms with Crippen molar-refractivity contribution < 1.29 is 45.2 Å². The number of hydrogen-bond donors (Lipinski definition) is 2. The maximum atomic E-state index is 14.0. The van der Waals surface area contributed by atoms with Crippen LogP contribution in [0.5, 0.6) is 0 Å². The number of nitrogens with zero attached hydrogens (tertiary/aromatic N) is 1. The molecule has 2 N–H and O–H groups in total. The Morgan fingerprint density at radius 1 is 1.03 bits per heavy atom. The van der Waals surface area contributed by atoms with Gasteiger partial charge < -0.3 is 14.9 Å². The van der Waals surface area contributed by atoms with Gasteiger partial charge in [-0.2, -0.15) is 26.3 Å². The van der Waals surface area contributed by atoms with E-state index in [4.69, 9.17) is 0 Å². The van der Waals surface area contributed by atoms with Gasteiger partial charge in [0.15, 0.2) is 0 Å². The maximum absolute atomic E-state index is 14.0. The third-order valence-electron chi connectivity index (χ3n) is 5.42. The standard InChI is InChI=1S/C22H17F7N2O4/c1-19(2,16-8-12(23)3-6-15(16)21(24,25)26)10-20(34,22(27,28)29)18(33)31-13-4-5-14-11(7-13)9-30-35-17(14)32/h3-9,34H,10H2,1-2H3,(H,31,33). The number of fused-ring (bicyclic) bond motifs is 1. The fourth-order valence-electron chi connectivity index (χ4n) is 3.72. The molecule has 0 spiro atoms. The molecule has 0 bridgehead atoms. The molecule has 188 valence electrons. The molecule has 6 nitrogen and oxygen atoms in total. The van der Waals surface area contributed by atoms with Crippen molar-refractivity contribution in [3.05, 3.63) is 70.0 Å². The molecular formula is C22H17F7N2O4. The van der Waals surface area contributed by atoms with Crippen LogP contribution in [0, 0.1) is 5.82 Å². The van der Waals surface area contributed by atoms with Crippen LogP contribution in [0.3, 0.4) is 0 Å². The Labute approximate surface area is 192 Å². The summed E-state index contributed by atoms with van der Waals surface area (Å²) in [5, 5.41) is 15.8. The van der Waals surface area contributed by atoms with Crippen molar-refractivity contribution >= 4 is 22.4 Å². The van der Waals surface area contributed by atoms with Crippen LogP contribution < -0.4 is 10.9 Å². The summed E-state index contributed by atoms with van der Waals surface area (Å²) in [6.45, 7) is 1.84. The molecule has 0 aliphatic heterocycles. The van der Waals surface area contributed by atoms with Crippen molar-refractivity contribution in [2.75, 3.05) is 5.32 Å². The smallest absolute Gasteiger partial charge is 0.373 e. The highest BCUT2D eigenvalue weighted by Gasteiger charge is 2.61. The number of alkyl halides is 6. The first-order valence-corrected chi connectivity index (χ1v) is 9.82. The van der Waals surface area contributed by atoms with Crippen molar-refractivity contribution in [1.29, 1.82) is 0 Å². The van der Waals surface area contributed by atoms with Crippen molar-refractivity contribution in [3.8, 4) is 0 Å². The van der Waals surface area contributed by atoms with Crippen molar-refractivity contribution in [1.82, 2.24) is 5.16 Å². The third-order valence-corrected chi connectivity index (χ3v) is 5.42. The molecule has 1 heterocycles. The molecule has 1 aromatic heterocycles. The quantitative estimate of drug-likeness (QED) is 0.478. The van der Waals surface area contributed by atoms with Gasteiger partial charge in [-0.1, -0.05) is 19.0 Å². The highest BCUT2D eigenvalue weighted by molar-refractivity contribution is 5.99. The summed E-state index contributed by atoms with van der Waals surface area (Å²) < 4.78 is 100. The summed E-state index contributed by atoms with van der Waals surface area (Å²) in [5.74, 6) is -3.13. The summed E-state index contributed by atoms with van der Waals surface area (Å²) in [7, 11) is 0. The van der Waals surface area contributed by atoms with E-state index in [9.17, 15) is 45.4 Å². The number of carbonyl (C=O) groups excluding carboxylic acids is 1. The molecule has 13 heteroatoms. The first-order valence-electron chi connectivity index (χ1n) is 9.82. The second kappa shape index (κ2) is 8.63. The zero-order valence-electron chi connectivity index (χ0n) is 18.0. The molecule has 0 aliphatic rings. The van der Waals surface area contributed by atoms with Gasteiger partial charge in [-0.05, 0) is 47.4 Å². The first-order chi connectivity index (χ1) is 16.0. The fourth-order valence-corrected chi connectivity index (χ4v) is 3.72. The topological polar surface area (TPSA) is 92.4 Å². The van der Waals surface area contributed by atoms with Crippen LogP contribution in [-0.4, -0.2) is 27.9 Å². The molecule has 1 atom stereocenters. The molecule has 1 unspecified atom stereocenters. The Bertz CT molecular complexity index is 1330. The minimum atomic E-state index is -5.63. The predicted molar refractivity (Wildman–Crippen MR) is 109 cm³/mol. The number of amides is 1. The van der Waals surface area contributed by atoms with Crippen LogP contribution in [0.4, 0.5) is 36.4 Å². The summed E-state index contributed by atoms with van der Waals surface area (Å²) in [5.41, 5.74) is -9.74. The Morgan fingerprint density at radius 3 is 2.29 bits per heavy atom. The molecule has 3 aromatic rings. The van der Waals surface area contributed by atoms with E-state index in [0.717, 1.165) is 38.2 Å². The van der Waals surface area contributed by atoms with Crippen LogP contribution >= 0.6 is 0 Å². The molecule has 1 amide bonds. The van der Waals surface area contributed by atoms with Gasteiger partial charge in [0.25, 0.3) is 5.91 Å². The highest BCUT2D eigenvalue weighted by atomic mass is 19.4. The summed E-state index contributed by atoms with van der Waals surface area (Å²) >= 11 is 0. The number of hydrogen-bond acceptors (Lipinski definition) is 5.